The third-order valence-electron chi connectivity index (χ3n) is 4.42. The van der Waals surface area contributed by atoms with Gasteiger partial charge in [0.25, 0.3) is 0 Å². The Balaban J connectivity index is 2.12. The van der Waals surface area contributed by atoms with Crippen LogP contribution in [0, 0.1) is 10.8 Å². The van der Waals surface area contributed by atoms with Gasteiger partial charge in [-0.3, -0.25) is 9.59 Å². The Kier molecular flexibility index (Phi) is 3.15. The van der Waals surface area contributed by atoms with E-state index in [1.807, 2.05) is 0 Å². The van der Waals surface area contributed by atoms with Crippen LogP contribution in [0.5, 0.6) is 0 Å². The van der Waals surface area contributed by atoms with E-state index in [9.17, 15) is 9.59 Å². The van der Waals surface area contributed by atoms with Gasteiger partial charge in [-0.25, -0.2) is 0 Å². The quantitative estimate of drug-likeness (QED) is 0.547. The van der Waals surface area contributed by atoms with Crippen LogP contribution < -0.4 is 0 Å². The van der Waals surface area contributed by atoms with Gasteiger partial charge in [0.1, 0.15) is 0 Å². The van der Waals surface area contributed by atoms with E-state index in [0.29, 0.717) is 12.8 Å². The van der Waals surface area contributed by atoms with Crippen LogP contribution in [0.3, 0.4) is 0 Å². The van der Waals surface area contributed by atoms with Gasteiger partial charge in [0.2, 0.25) is 0 Å². The van der Waals surface area contributed by atoms with Gasteiger partial charge in [-0.15, -0.1) is 0 Å². The largest absolute Gasteiger partial charge is 0.468 e. The smallest absolute Gasteiger partial charge is 0.323 e. The molecule has 0 atom stereocenters. The number of hydrogen-bond donors (Lipinski definition) is 0. The van der Waals surface area contributed by atoms with Crippen molar-refractivity contribution in [2.24, 2.45) is 10.8 Å². The number of esters is 2. The van der Waals surface area contributed by atoms with E-state index in [2.05, 4.69) is 0 Å². The second-order valence-electron chi connectivity index (χ2n) is 5.48. The lowest BCUT2D eigenvalue weighted by Crippen LogP contribution is -2.57. The first-order chi connectivity index (χ1) is 8.08. The average Bonchev–Trinajstić information content (AvgIpc) is 2.34. The van der Waals surface area contributed by atoms with Gasteiger partial charge in [-0.2, -0.15) is 0 Å². The fraction of sp³-hybridized carbons (Fsp3) is 0.846. The minimum absolute atomic E-state index is 0.195. The van der Waals surface area contributed by atoms with Crippen molar-refractivity contribution in [1.29, 1.82) is 0 Å². The molecule has 0 aliphatic heterocycles. The van der Waals surface area contributed by atoms with Crippen molar-refractivity contribution in [3.8, 4) is 0 Å². The highest BCUT2D eigenvalue weighted by atomic mass is 16.5. The molecule has 0 saturated heterocycles. The molecule has 0 aromatic rings. The van der Waals surface area contributed by atoms with E-state index < -0.39 is 17.4 Å². The molecule has 0 aromatic heterocycles. The van der Waals surface area contributed by atoms with Gasteiger partial charge in [0, 0.05) is 0 Å². The monoisotopic (exact) mass is 240 g/mol. The van der Waals surface area contributed by atoms with Crippen LogP contribution in [-0.2, 0) is 19.1 Å². The Morgan fingerprint density at radius 2 is 1.35 bits per heavy atom. The number of hydrogen-bond acceptors (Lipinski definition) is 4. The summed E-state index contributed by atoms with van der Waals surface area (Å²) in [7, 11) is 2.66. The van der Waals surface area contributed by atoms with Crippen LogP contribution in [0.4, 0.5) is 0 Å². The number of methoxy groups -OCH3 is 2. The molecule has 0 bridgehead atoms. The van der Waals surface area contributed by atoms with Crippen LogP contribution >= 0.6 is 0 Å². The molecule has 0 radical (unpaired) electrons. The van der Waals surface area contributed by atoms with E-state index in [-0.39, 0.29) is 5.41 Å². The Hall–Kier alpha value is -1.06. The van der Waals surface area contributed by atoms with Crippen molar-refractivity contribution in [3.05, 3.63) is 0 Å². The molecular weight excluding hydrogens is 220 g/mol. The highest BCUT2D eigenvalue weighted by Gasteiger charge is 2.64. The van der Waals surface area contributed by atoms with E-state index in [4.69, 9.17) is 9.47 Å². The van der Waals surface area contributed by atoms with E-state index in [1.165, 1.54) is 33.5 Å². The maximum Gasteiger partial charge on any atom is 0.323 e. The first-order valence-electron chi connectivity index (χ1n) is 6.25. The molecule has 2 aliphatic rings. The third-order valence-corrected chi connectivity index (χ3v) is 4.42. The van der Waals surface area contributed by atoms with Crippen molar-refractivity contribution < 1.29 is 19.1 Å². The predicted octanol–water partition coefficient (Wildman–Crippen LogP) is 2.06. The maximum absolute atomic E-state index is 11.8. The first-order valence-corrected chi connectivity index (χ1v) is 6.25. The standard InChI is InChI=1S/C13H20O4/c1-16-10(14)13(11(15)17-2)8-12(9-13)6-4-3-5-7-12/h3-9H2,1-2H3. The number of ether oxygens (including phenoxy) is 2. The zero-order valence-corrected chi connectivity index (χ0v) is 10.6. The molecular formula is C13H20O4. The summed E-state index contributed by atoms with van der Waals surface area (Å²) in [5.74, 6) is -0.860. The predicted molar refractivity (Wildman–Crippen MR) is 61.2 cm³/mol. The molecule has 4 heteroatoms. The lowest BCUT2D eigenvalue weighted by Gasteiger charge is -2.54. The summed E-state index contributed by atoms with van der Waals surface area (Å²) in [5, 5.41) is 0. The molecule has 0 amide bonds. The van der Waals surface area contributed by atoms with Gasteiger partial charge in [-0.05, 0) is 31.1 Å². The van der Waals surface area contributed by atoms with Gasteiger partial charge < -0.3 is 9.47 Å². The van der Waals surface area contributed by atoms with Crippen LogP contribution in [-0.4, -0.2) is 26.2 Å². The van der Waals surface area contributed by atoms with E-state index >= 15 is 0 Å². The van der Waals surface area contributed by atoms with Gasteiger partial charge in [0.15, 0.2) is 5.41 Å². The van der Waals surface area contributed by atoms with Crippen molar-refractivity contribution in [2.75, 3.05) is 14.2 Å². The minimum atomic E-state index is -1.01. The molecule has 2 saturated carbocycles. The van der Waals surface area contributed by atoms with Crippen molar-refractivity contribution in [2.45, 2.75) is 44.9 Å². The summed E-state index contributed by atoms with van der Waals surface area (Å²) >= 11 is 0. The molecule has 96 valence electrons. The van der Waals surface area contributed by atoms with Crippen LogP contribution in [0.25, 0.3) is 0 Å². The fourth-order valence-electron chi connectivity index (χ4n) is 3.65. The number of rotatable bonds is 2. The fourth-order valence-corrected chi connectivity index (χ4v) is 3.65. The maximum atomic E-state index is 11.8. The van der Waals surface area contributed by atoms with Crippen LogP contribution in [0.1, 0.15) is 44.9 Å². The Labute approximate surface area is 102 Å². The summed E-state index contributed by atoms with van der Waals surface area (Å²) in [5.41, 5.74) is -0.818. The Bertz CT molecular complexity index is 302. The van der Waals surface area contributed by atoms with Gasteiger partial charge in [-0.1, -0.05) is 19.3 Å². The number of carbonyl (C=O) groups is 2. The molecule has 0 heterocycles. The molecule has 4 nitrogen and oxygen atoms in total. The molecule has 0 N–H and O–H groups in total. The molecule has 2 fully saturated rings. The van der Waals surface area contributed by atoms with Crippen molar-refractivity contribution in [1.82, 2.24) is 0 Å². The van der Waals surface area contributed by atoms with Crippen molar-refractivity contribution in [3.63, 3.8) is 0 Å². The minimum Gasteiger partial charge on any atom is -0.468 e. The Morgan fingerprint density at radius 3 is 1.76 bits per heavy atom. The second-order valence-corrected chi connectivity index (χ2v) is 5.48. The molecule has 17 heavy (non-hydrogen) atoms. The SMILES string of the molecule is COC(=O)C1(C(=O)OC)CC2(CCCCC2)C1. The molecule has 2 rings (SSSR count). The summed E-state index contributed by atoms with van der Waals surface area (Å²) in [6.07, 6.45) is 7.16. The topological polar surface area (TPSA) is 52.6 Å². The second kappa shape index (κ2) is 4.31. The van der Waals surface area contributed by atoms with Crippen LogP contribution in [0.15, 0.2) is 0 Å². The summed E-state index contributed by atoms with van der Waals surface area (Å²) in [6, 6.07) is 0. The summed E-state index contributed by atoms with van der Waals surface area (Å²) in [6.45, 7) is 0. The van der Waals surface area contributed by atoms with Gasteiger partial charge >= 0.3 is 11.9 Å². The van der Waals surface area contributed by atoms with E-state index in [0.717, 1.165) is 12.8 Å². The molecule has 2 aliphatic carbocycles. The third kappa shape index (κ3) is 1.83. The lowest BCUT2D eigenvalue weighted by molar-refractivity contribution is -0.190. The highest BCUT2D eigenvalue weighted by molar-refractivity contribution is 6.01. The summed E-state index contributed by atoms with van der Waals surface area (Å²) < 4.78 is 9.55. The zero-order chi connectivity index (χ0) is 12.5. The lowest BCUT2D eigenvalue weighted by atomic mass is 9.48. The molecule has 1 spiro atoms. The Morgan fingerprint density at radius 1 is 0.882 bits per heavy atom. The number of carbonyl (C=O) groups excluding carboxylic acids is 2. The van der Waals surface area contributed by atoms with Gasteiger partial charge in [0.05, 0.1) is 14.2 Å². The van der Waals surface area contributed by atoms with E-state index in [1.54, 1.807) is 0 Å². The zero-order valence-electron chi connectivity index (χ0n) is 10.6. The highest BCUT2D eigenvalue weighted by Crippen LogP contribution is 2.62. The summed E-state index contributed by atoms with van der Waals surface area (Å²) in [4.78, 5) is 23.6. The first kappa shape index (κ1) is 12.4. The van der Waals surface area contributed by atoms with Crippen molar-refractivity contribution >= 4 is 11.9 Å². The molecule has 0 unspecified atom stereocenters. The van der Waals surface area contributed by atoms with Crippen LogP contribution in [0.2, 0.25) is 0 Å². The average molecular weight is 240 g/mol. The molecule has 0 aromatic carbocycles. The normalized spacial score (nSPS) is 24.8.